The summed E-state index contributed by atoms with van der Waals surface area (Å²) in [5.41, 5.74) is 2.77. The Hall–Kier alpha value is -6.18. The summed E-state index contributed by atoms with van der Waals surface area (Å²) in [6, 6.07) is 50.6. The number of nitrogens with two attached hydrogens (primary N) is 2. The van der Waals surface area contributed by atoms with Crippen LogP contribution in [0.5, 0.6) is 0 Å². The van der Waals surface area contributed by atoms with Gasteiger partial charge in [-0.15, -0.1) is 0 Å². The van der Waals surface area contributed by atoms with Gasteiger partial charge in [-0.2, -0.15) is 0 Å². The third kappa shape index (κ3) is 6.10. The Morgan fingerprint density at radius 1 is 0.333 bits per heavy atom. The van der Waals surface area contributed by atoms with Gasteiger partial charge in [0, 0.05) is 33.4 Å². The van der Waals surface area contributed by atoms with E-state index < -0.39 is 31.4 Å². The highest BCUT2D eigenvalue weighted by Gasteiger charge is 2.60. The Bertz CT molecular complexity index is 2420. The first-order chi connectivity index (χ1) is 26.0. The Kier molecular flexibility index (Phi) is 8.62. The predicted octanol–water partition coefficient (Wildman–Crippen LogP) is 5.97. The van der Waals surface area contributed by atoms with E-state index in [4.69, 9.17) is 30.2 Å². The Morgan fingerprint density at radius 3 is 0.759 bits per heavy atom. The first kappa shape index (κ1) is 34.9. The minimum Gasteiger partial charge on any atom is -0.243 e. The van der Waals surface area contributed by atoms with Crippen LogP contribution in [0.4, 0.5) is 0 Å². The Labute approximate surface area is 313 Å². The molecule has 0 radical (unpaired) electrons. The number of sulfonamides is 2. The van der Waals surface area contributed by atoms with Crippen LogP contribution < -0.4 is 10.3 Å². The van der Waals surface area contributed by atoms with Crippen LogP contribution in [-0.4, -0.2) is 39.7 Å². The number of rotatable bonds is 9. The molecule has 0 aromatic heterocycles. The lowest BCUT2D eigenvalue weighted by molar-refractivity contribution is 0.257. The molecule has 266 valence electrons. The zero-order chi connectivity index (χ0) is 37.6. The first-order valence-corrected chi connectivity index (χ1v) is 20.0. The second kappa shape index (κ2) is 13.3. The molecule has 6 aromatic carbocycles. The summed E-state index contributed by atoms with van der Waals surface area (Å²) in [6.45, 7) is 0. The van der Waals surface area contributed by atoms with Crippen LogP contribution in [0.2, 0.25) is 0 Å². The van der Waals surface area contributed by atoms with Gasteiger partial charge in [0.25, 0.3) is 0 Å². The van der Waals surface area contributed by atoms with Crippen LogP contribution in [0.1, 0.15) is 33.4 Å². The lowest BCUT2D eigenvalue weighted by Gasteiger charge is -2.38. The number of hydrogen-bond donors (Lipinski definition) is 2. The topological polar surface area (TPSA) is 170 Å². The van der Waals surface area contributed by atoms with Crippen molar-refractivity contribution in [2.24, 2.45) is 30.2 Å². The van der Waals surface area contributed by atoms with E-state index in [1.165, 1.54) is 24.3 Å². The molecule has 2 aliphatic rings. The number of aliphatic imine (C=N–C) groups is 4. The summed E-state index contributed by atoms with van der Waals surface area (Å²) >= 11 is 0. The highest BCUT2D eigenvalue weighted by atomic mass is 32.2. The molecular weight excluding hydrogens is 717 g/mol. The van der Waals surface area contributed by atoms with Gasteiger partial charge in [0.05, 0.1) is 32.6 Å². The van der Waals surface area contributed by atoms with E-state index in [0.717, 1.165) is 22.3 Å². The maximum Gasteiger partial charge on any atom is 0.238 e. The van der Waals surface area contributed by atoms with E-state index in [1.54, 1.807) is 24.3 Å². The summed E-state index contributed by atoms with van der Waals surface area (Å²) in [5.74, 6) is 0. The van der Waals surface area contributed by atoms with Gasteiger partial charge in [0.2, 0.25) is 31.4 Å². The highest BCUT2D eigenvalue weighted by molar-refractivity contribution is 7.89. The van der Waals surface area contributed by atoms with E-state index in [0.29, 0.717) is 34.0 Å². The fourth-order valence-corrected chi connectivity index (χ4v) is 7.86. The van der Waals surface area contributed by atoms with Gasteiger partial charge in [0.1, 0.15) is 0 Å². The quantitative estimate of drug-likeness (QED) is 0.186. The fourth-order valence-electron chi connectivity index (χ4n) is 6.82. The SMILES string of the molecule is NS(=O)(=O)c1ccc(C2(C3(c4ccc(S(N)(=O)=O)cc4)N=C(c4ccccc4)C(c4ccccc4)=N3)N=C(c3ccccc3)C(c3ccccc3)=N2)cc1. The second-order valence-corrected chi connectivity index (χ2v) is 15.9. The summed E-state index contributed by atoms with van der Waals surface area (Å²) < 4.78 is 50.0. The largest absolute Gasteiger partial charge is 0.243 e. The first-order valence-electron chi connectivity index (χ1n) is 16.9. The second-order valence-electron chi connectivity index (χ2n) is 12.8. The lowest BCUT2D eigenvalue weighted by Crippen LogP contribution is -2.43. The van der Waals surface area contributed by atoms with Gasteiger partial charge < -0.3 is 0 Å². The van der Waals surface area contributed by atoms with E-state index in [2.05, 4.69) is 0 Å². The molecule has 0 aliphatic carbocycles. The van der Waals surface area contributed by atoms with Crippen molar-refractivity contribution in [3.63, 3.8) is 0 Å². The number of nitrogens with zero attached hydrogens (tertiary/aromatic N) is 4. The summed E-state index contributed by atoms with van der Waals surface area (Å²) in [6.07, 6.45) is 0. The minimum absolute atomic E-state index is 0.0983. The molecule has 10 nitrogen and oxygen atoms in total. The number of primary sulfonamides is 2. The van der Waals surface area contributed by atoms with Gasteiger partial charge in [-0.05, 0) is 24.3 Å². The molecule has 54 heavy (non-hydrogen) atoms. The molecule has 8 rings (SSSR count). The maximum absolute atomic E-state index is 12.5. The Balaban J connectivity index is 1.54. The molecule has 0 amide bonds. The molecular formula is C42H32N6O4S2. The van der Waals surface area contributed by atoms with Crippen molar-refractivity contribution in [3.05, 3.63) is 203 Å². The number of hydrogen-bond acceptors (Lipinski definition) is 8. The molecule has 2 heterocycles. The molecule has 4 N–H and O–H groups in total. The van der Waals surface area contributed by atoms with Crippen molar-refractivity contribution in [1.82, 2.24) is 0 Å². The van der Waals surface area contributed by atoms with Crippen LogP contribution >= 0.6 is 0 Å². The molecule has 2 aliphatic heterocycles. The van der Waals surface area contributed by atoms with Gasteiger partial charge in [-0.3, -0.25) is 0 Å². The lowest BCUT2D eigenvalue weighted by atomic mass is 9.82. The highest BCUT2D eigenvalue weighted by Crippen LogP contribution is 2.54. The molecule has 6 aromatic rings. The van der Waals surface area contributed by atoms with Gasteiger partial charge in [0.15, 0.2) is 0 Å². The smallest absolute Gasteiger partial charge is 0.238 e. The van der Waals surface area contributed by atoms with Crippen molar-refractivity contribution in [1.29, 1.82) is 0 Å². The Morgan fingerprint density at radius 2 is 0.556 bits per heavy atom. The van der Waals surface area contributed by atoms with Crippen molar-refractivity contribution in [2.45, 2.75) is 21.1 Å². The van der Waals surface area contributed by atoms with E-state index in [9.17, 15) is 16.8 Å². The van der Waals surface area contributed by atoms with Gasteiger partial charge in [-0.25, -0.2) is 47.1 Å². The summed E-state index contributed by atoms with van der Waals surface area (Å²) in [4.78, 5) is 22.0. The zero-order valence-corrected chi connectivity index (χ0v) is 30.2. The van der Waals surface area contributed by atoms with Gasteiger partial charge in [-0.1, -0.05) is 146 Å². The fraction of sp³-hybridized carbons (Fsp3) is 0.0476. The average molecular weight is 749 g/mol. The molecule has 0 saturated carbocycles. The summed E-state index contributed by atoms with van der Waals surface area (Å²) in [7, 11) is -8.12. The molecule has 0 unspecified atom stereocenters. The van der Waals surface area contributed by atoms with Crippen LogP contribution in [0.25, 0.3) is 0 Å². The van der Waals surface area contributed by atoms with Gasteiger partial charge >= 0.3 is 0 Å². The monoisotopic (exact) mass is 748 g/mol. The van der Waals surface area contributed by atoms with Crippen molar-refractivity contribution < 1.29 is 16.8 Å². The van der Waals surface area contributed by atoms with Crippen LogP contribution in [0.15, 0.2) is 200 Å². The average Bonchev–Trinajstić information content (AvgIpc) is 3.82. The van der Waals surface area contributed by atoms with Crippen molar-refractivity contribution >= 4 is 42.9 Å². The van der Waals surface area contributed by atoms with Crippen molar-refractivity contribution in [2.75, 3.05) is 0 Å². The molecule has 0 atom stereocenters. The molecule has 0 spiro atoms. The normalized spacial score (nSPS) is 16.3. The molecule has 0 saturated heterocycles. The van der Waals surface area contributed by atoms with E-state index in [-0.39, 0.29) is 9.79 Å². The van der Waals surface area contributed by atoms with Crippen molar-refractivity contribution in [3.8, 4) is 0 Å². The molecule has 0 bridgehead atoms. The summed E-state index contributed by atoms with van der Waals surface area (Å²) in [5, 5.41) is 11.1. The predicted molar refractivity (Wildman–Crippen MR) is 211 cm³/mol. The minimum atomic E-state index is -4.06. The van der Waals surface area contributed by atoms with Crippen LogP contribution in [0, 0.1) is 0 Å². The zero-order valence-electron chi connectivity index (χ0n) is 28.6. The number of benzene rings is 6. The molecule has 12 heteroatoms. The maximum atomic E-state index is 12.5. The third-order valence-corrected chi connectivity index (χ3v) is 11.2. The van der Waals surface area contributed by atoms with Crippen LogP contribution in [-0.2, 0) is 31.4 Å². The standard InChI is InChI=1S/C42H32N6O4S2/c43-53(49,50)35-25-21-33(22-26-35)41(45-37(29-13-5-1-6-14-29)38(46-41)30-15-7-2-8-16-30)42(34-23-27-36(28-24-34)54(44,51)52)47-39(31-17-9-3-10-18-31)40(48-42)32-19-11-4-12-20-32/h1-28H,(H2,43,49,50)(H2,44,51,52). The van der Waals surface area contributed by atoms with E-state index >= 15 is 0 Å². The molecule has 0 fully saturated rings. The third-order valence-electron chi connectivity index (χ3n) is 9.39. The van der Waals surface area contributed by atoms with Crippen LogP contribution in [0.3, 0.4) is 0 Å². The van der Waals surface area contributed by atoms with E-state index in [1.807, 2.05) is 121 Å².